The number of rotatable bonds is 6. The summed E-state index contributed by atoms with van der Waals surface area (Å²) in [7, 11) is 0. The first kappa shape index (κ1) is 18.8. The van der Waals surface area contributed by atoms with Gasteiger partial charge in [0.1, 0.15) is 0 Å². The molecule has 2 aromatic heterocycles. The lowest BCUT2D eigenvalue weighted by Gasteiger charge is -2.34. The fraction of sp³-hybridized carbons (Fsp3) is 0.304. The van der Waals surface area contributed by atoms with Crippen LogP contribution in [0, 0.1) is 0 Å². The van der Waals surface area contributed by atoms with Gasteiger partial charge in [0.25, 0.3) is 0 Å². The van der Waals surface area contributed by atoms with Crippen LogP contribution < -0.4 is 5.32 Å². The highest BCUT2D eigenvalue weighted by molar-refractivity contribution is 7.08. The molecule has 0 radical (unpaired) electrons. The number of hydrogen-bond donors (Lipinski definition) is 1. The van der Waals surface area contributed by atoms with Crippen LogP contribution in [0.5, 0.6) is 0 Å². The Morgan fingerprint density at radius 3 is 2.75 bits per heavy atom. The van der Waals surface area contributed by atoms with E-state index in [0.29, 0.717) is 6.54 Å². The highest BCUT2D eigenvalue weighted by atomic mass is 32.1. The van der Waals surface area contributed by atoms with E-state index in [1.165, 1.54) is 16.7 Å². The molecule has 3 aromatic rings. The molecular weight excluding hydrogens is 366 g/mol. The van der Waals surface area contributed by atoms with Crippen molar-refractivity contribution in [3.8, 4) is 11.1 Å². The van der Waals surface area contributed by atoms with Gasteiger partial charge < -0.3 is 5.32 Å². The average molecular weight is 392 g/mol. The number of amides is 1. The van der Waals surface area contributed by atoms with Gasteiger partial charge in [-0.2, -0.15) is 11.3 Å². The minimum atomic E-state index is -0.0537. The van der Waals surface area contributed by atoms with Crippen LogP contribution in [0.1, 0.15) is 30.4 Å². The van der Waals surface area contributed by atoms with Crippen molar-refractivity contribution in [3.63, 3.8) is 0 Å². The summed E-state index contributed by atoms with van der Waals surface area (Å²) in [5.41, 5.74) is 4.80. The van der Waals surface area contributed by atoms with Crippen molar-refractivity contribution in [2.45, 2.75) is 38.4 Å². The maximum Gasteiger partial charge on any atom is 0.237 e. The summed E-state index contributed by atoms with van der Waals surface area (Å²) < 4.78 is 0. The molecule has 4 nitrogen and oxygen atoms in total. The zero-order valence-corrected chi connectivity index (χ0v) is 16.7. The van der Waals surface area contributed by atoms with Gasteiger partial charge in [-0.3, -0.25) is 14.7 Å². The summed E-state index contributed by atoms with van der Waals surface area (Å²) in [5, 5.41) is 7.36. The molecule has 0 saturated carbocycles. The number of piperidine rings is 1. The Balaban J connectivity index is 1.38. The molecule has 1 atom stereocenters. The van der Waals surface area contributed by atoms with Crippen LogP contribution in [-0.4, -0.2) is 28.4 Å². The molecule has 0 bridgehead atoms. The van der Waals surface area contributed by atoms with Crippen LogP contribution in [0.25, 0.3) is 11.1 Å². The SMILES string of the molecule is O=C(NCc1cccnc1)C1CCCCN1Cc1ccc(-c2ccsc2)cc1. The Kier molecular flexibility index (Phi) is 6.14. The van der Waals surface area contributed by atoms with Crippen LogP contribution in [0.3, 0.4) is 0 Å². The zero-order chi connectivity index (χ0) is 19.2. The Morgan fingerprint density at radius 2 is 2.00 bits per heavy atom. The maximum atomic E-state index is 12.8. The number of carbonyl (C=O) groups is 1. The molecular formula is C23H25N3OS. The molecule has 1 aliphatic rings. The van der Waals surface area contributed by atoms with Crippen molar-refractivity contribution in [1.29, 1.82) is 0 Å². The van der Waals surface area contributed by atoms with Crippen LogP contribution in [0.4, 0.5) is 0 Å². The summed E-state index contributed by atoms with van der Waals surface area (Å²) in [6.07, 6.45) is 6.73. The number of thiophene rings is 1. The Bertz CT molecular complexity index is 878. The van der Waals surface area contributed by atoms with Crippen LogP contribution >= 0.6 is 11.3 Å². The summed E-state index contributed by atoms with van der Waals surface area (Å²) in [5.74, 6) is 0.124. The third kappa shape index (κ3) is 4.66. The number of hydrogen-bond acceptors (Lipinski definition) is 4. The Morgan fingerprint density at radius 1 is 1.11 bits per heavy atom. The van der Waals surface area contributed by atoms with E-state index in [2.05, 4.69) is 56.3 Å². The van der Waals surface area contributed by atoms with E-state index in [0.717, 1.165) is 37.9 Å². The number of likely N-dealkylation sites (tertiary alicyclic amines) is 1. The smallest absolute Gasteiger partial charge is 0.237 e. The predicted octanol–water partition coefficient (Wildman–Crippen LogP) is 4.48. The molecule has 1 saturated heterocycles. The minimum Gasteiger partial charge on any atom is -0.351 e. The zero-order valence-electron chi connectivity index (χ0n) is 15.9. The molecule has 0 spiro atoms. The number of benzene rings is 1. The normalized spacial score (nSPS) is 17.4. The summed E-state index contributed by atoms with van der Waals surface area (Å²) in [4.78, 5) is 19.2. The first-order valence-electron chi connectivity index (χ1n) is 9.82. The Labute approximate surface area is 170 Å². The third-order valence-corrected chi connectivity index (χ3v) is 5.98. The number of nitrogens with zero attached hydrogens (tertiary/aromatic N) is 2. The number of nitrogens with one attached hydrogen (secondary N) is 1. The van der Waals surface area contributed by atoms with Crippen molar-refractivity contribution in [3.05, 3.63) is 76.7 Å². The van der Waals surface area contributed by atoms with E-state index in [1.807, 2.05) is 12.1 Å². The van der Waals surface area contributed by atoms with Gasteiger partial charge in [0.15, 0.2) is 0 Å². The van der Waals surface area contributed by atoms with Gasteiger partial charge in [0.2, 0.25) is 5.91 Å². The van der Waals surface area contributed by atoms with Gasteiger partial charge in [-0.25, -0.2) is 0 Å². The first-order valence-corrected chi connectivity index (χ1v) is 10.8. The number of pyridine rings is 1. The fourth-order valence-corrected chi connectivity index (χ4v) is 4.42. The molecule has 0 aliphatic carbocycles. The fourth-order valence-electron chi connectivity index (χ4n) is 3.75. The lowest BCUT2D eigenvalue weighted by Crippen LogP contribution is -2.48. The third-order valence-electron chi connectivity index (χ3n) is 5.30. The van der Waals surface area contributed by atoms with Crippen molar-refractivity contribution >= 4 is 17.2 Å². The summed E-state index contributed by atoms with van der Waals surface area (Å²) >= 11 is 1.72. The van der Waals surface area contributed by atoms with Crippen molar-refractivity contribution in [2.24, 2.45) is 0 Å². The standard InChI is InChI=1S/C23H25N3OS/c27-23(25-15-19-4-3-11-24-14-19)22-5-1-2-12-26(22)16-18-6-8-20(9-7-18)21-10-13-28-17-21/h3-4,6-11,13-14,17,22H,1-2,5,12,15-16H2,(H,25,27). The molecule has 1 fully saturated rings. The second-order valence-corrected chi connectivity index (χ2v) is 8.05. The second kappa shape index (κ2) is 9.13. The predicted molar refractivity (Wildman–Crippen MR) is 114 cm³/mol. The lowest BCUT2D eigenvalue weighted by molar-refractivity contribution is -0.128. The van der Waals surface area contributed by atoms with Gasteiger partial charge in [-0.15, -0.1) is 0 Å². The molecule has 4 rings (SSSR count). The van der Waals surface area contributed by atoms with Gasteiger partial charge in [-0.05, 0) is 64.5 Å². The molecule has 5 heteroatoms. The Hall–Kier alpha value is -2.50. The molecule has 3 heterocycles. The summed E-state index contributed by atoms with van der Waals surface area (Å²) in [6.45, 7) is 2.32. The number of aromatic nitrogens is 1. The highest BCUT2D eigenvalue weighted by Gasteiger charge is 2.28. The number of carbonyl (C=O) groups excluding carboxylic acids is 1. The topological polar surface area (TPSA) is 45.2 Å². The van der Waals surface area contributed by atoms with Gasteiger partial charge >= 0.3 is 0 Å². The van der Waals surface area contributed by atoms with Crippen LogP contribution in [-0.2, 0) is 17.9 Å². The van der Waals surface area contributed by atoms with Crippen molar-refractivity contribution < 1.29 is 4.79 Å². The minimum absolute atomic E-state index is 0.0537. The molecule has 144 valence electrons. The molecule has 1 amide bonds. The van der Waals surface area contributed by atoms with E-state index >= 15 is 0 Å². The van der Waals surface area contributed by atoms with Crippen LogP contribution in [0.15, 0.2) is 65.6 Å². The largest absolute Gasteiger partial charge is 0.351 e. The lowest BCUT2D eigenvalue weighted by atomic mass is 9.99. The van der Waals surface area contributed by atoms with Gasteiger partial charge in [-0.1, -0.05) is 36.8 Å². The van der Waals surface area contributed by atoms with E-state index in [4.69, 9.17) is 0 Å². The molecule has 1 aliphatic heterocycles. The maximum absolute atomic E-state index is 12.8. The molecule has 1 aromatic carbocycles. The van der Waals surface area contributed by atoms with Gasteiger partial charge in [0, 0.05) is 25.5 Å². The monoisotopic (exact) mass is 391 g/mol. The first-order chi connectivity index (χ1) is 13.8. The van der Waals surface area contributed by atoms with Crippen molar-refractivity contribution in [1.82, 2.24) is 15.2 Å². The molecule has 1 N–H and O–H groups in total. The van der Waals surface area contributed by atoms with E-state index in [1.54, 1.807) is 23.7 Å². The highest BCUT2D eigenvalue weighted by Crippen LogP contribution is 2.24. The molecule has 1 unspecified atom stereocenters. The van der Waals surface area contributed by atoms with Crippen LogP contribution in [0.2, 0.25) is 0 Å². The average Bonchev–Trinajstić information content (AvgIpc) is 3.29. The van der Waals surface area contributed by atoms with E-state index < -0.39 is 0 Å². The van der Waals surface area contributed by atoms with Crippen molar-refractivity contribution in [2.75, 3.05) is 6.54 Å². The molecule has 28 heavy (non-hydrogen) atoms. The quantitative estimate of drug-likeness (QED) is 0.674. The van der Waals surface area contributed by atoms with E-state index in [9.17, 15) is 4.79 Å². The van der Waals surface area contributed by atoms with Gasteiger partial charge in [0.05, 0.1) is 6.04 Å². The summed E-state index contributed by atoms with van der Waals surface area (Å²) in [6, 6.07) is 14.7. The van der Waals surface area contributed by atoms with E-state index in [-0.39, 0.29) is 11.9 Å². The second-order valence-electron chi connectivity index (χ2n) is 7.27.